The summed E-state index contributed by atoms with van der Waals surface area (Å²) in [5.41, 5.74) is 6.10. The fourth-order valence-corrected chi connectivity index (χ4v) is 4.58. The average Bonchev–Trinajstić information content (AvgIpc) is 2.39. The molecule has 0 aliphatic carbocycles. The smallest absolute Gasteiger partial charge is 0.241 e. The van der Waals surface area contributed by atoms with E-state index in [0.29, 0.717) is 22.6 Å². The number of nitrogen functional groups attached to an aromatic ring is 1. The highest BCUT2D eigenvalue weighted by Crippen LogP contribution is 2.24. The standard InChI is InChI=1S/C13H20BrN3O2S/c1-17-6-2-3-10(9-17)8-16-20(18,19)13-7-11(15)4-5-12(13)14/h4-5,7,10,16H,2-3,6,8-9,15H2,1H3. The molecule has 5 nitrogen and oxygen atoms in total. The Balaban J connectivity index is 2.05. The van der Waals surface area contributed by atoms with Gasteiger partial charge in [0, 0.05) is 23.2 Å². The lowest BCUT2D eigenvalue weighted by molar-refractivity contribution is 0.211. The summed E-state index contributed by atoms with van der Waals surface area (Å²) < 4.78 is 27.9. The number of piperidine rings is 1. The van der Waals surface area contributed by atoms with E-state index in [4.69, 9.17) is 5.73 Å². The lowest BCUT2D eigenvalue weighted by Crippen LogP contribution is -2.39. The second kappa shape index (κ2) is 6.43. The summed E-state index contributed by atoms with van der Waals surface area (Å²) in [6.07, 6.45) is 2.18. The molecule has 3 N–H and O–H groups in total. The lowest BCUT2D eigenvalue weighted by Gasteiger charge is -2.29. The Morgan fingerprint density at radius 3 is 2.95 bits per heavy atom. The third kappa shape index (κ3) is 3.94. The summed E-state index contributed by atoms with van der Waals surface area (Å²) >= 11 is 3.26. The zero-order chi connectivity index (χ0) is 14.8. The molecule has 1 heterocycles. The van der Waals surface area contributed by atoms with E-state index in [0.717, 1.165) is 25.9 Å². The molecule has 1 aliphatic rings. The molecule has 0 radical (unpaired) electrons. The van der Waals surface area contributed by atoms with Crippen LogP contribution in [-0.2, 0) is 10.0 Å². The molecule has 7 heteroatoms. The summed E-state index contributed by atoms with van der Waals surface area (Å²) in [4.78, 5) is 2.43. The van der Waals surface area contributed by atoms with Gasteiger partial charge in [0.25, 0.3) is 0 Å². The molecule has 0 saturated carbocycles. The Kier molecular flexibility index (Phi) is 5.06. The second-order valence-corrected chi connectivity index (χ2v) is 7.90. The van der Waals surface area contributed by atoms with Crippen LogP contribution < -0.4 is 10.5 Å². The number of benzene rings is 1. The van der Waals surface area contributed by atoms with Crippen molar-refractivity contribution in [2.75, 3.05) is 32.4 Å². The van der Waals surface area contributed by atoms with Crippen LogP contribution in [0.4, 0.5) is 5.69 Å². The minimum atomic E-state index is -3.53. The topological polar surface area (TPSA) is 75.4 Å². The molecule has 1 saturated heterocycles. The first-order valence-electron chi connectivity index (χ1n) is 6.62. The monoisotopic (exact) mass is 361 g/mol. The minimum Gasteiger partial charge on any atom is -0.399 e. The normalized spacial score (nSPS) is 21.0. The highest BCUT2D eigenvalue weighted by molar-refractivity contribution is 9.10. The Labute approximate surface area is 128 Å². The van der Waals surface area contributed by atoms with E-state index < -0.39 is 10.0 Å². The van der Waals surface area contributed by atoms with Gasteiger partial charge in [-0.25, -0.2) is 13.1 Å². The van der Waals surface area contributed by atoms with Gasteiger partial charge in [-0.3, -0.25) is 0 Å². The van der Waals surface area contributed by atoms with E-state index in [1.165, 1.54) is 6.07 Å². The average molecular weight is 362 g/mol. The number of likely N-dealkylation sites (tertiary alicyclic amines) is 1. The zero-order valence-electron chi connectivity index (χ0n) is 11.5. The van der Waals surface area contributed by atoms with Crippen LogP contribution >= 0.6 is 15.9 Å². The van der Waals surface area contributed by atoms with E-state index in [9.17, 15) is 8.42 Å². The van der Waals surface area contributed by atoms with Gasteiger partial charge in [0.1, 0.15) is 0 Å². The first-order valence-corrected chi connectivity index (χ1v) is 8.89. The number of rotatable bonds is 4. The van der Waals surface area contributed by atoms with Crippen LogP contribution in [-0.4, -0.2) is 40.0 Å². The van der Waals surface area contributed by atoms with Gasteiger partial charge in [0.15, 0.2) is 0 Å². The van der Waals surface area contributed by atoms with Gasteiger partial charge in [-0.15, -0.1) is 0 Å². The van der Waals surface area contributed by atoms with Crippen molar-refractivity contribution in [3.63, 3.8) is 0 Å². The van der Waals surface area contributed by atoms with Crippen molar-refractivity contribution >= 4 is 31.6 Å². The van der Waals surface area contributed by atoms with E-state index in [-0.39, 0.29) is 4.90 Å². The summed E-state index contributed by atoms with van der Waals surface area (Å²) in [5.74, 6) is 0.364. The highest BCUT2D eigenvalue weighted by Gasteiger charge is 2.22. The first kappa shape index (κ1) is 15.8. The van der Waals surface area contributed by atoms with Crippen LogP contribution in [0.5, 0.6) is 0 Å². The van der Waals surface area contributed by atoms with Crippen LogP contribution in [0.25, 0.3) is 0 Å². The summed E-state index contributed by atoms with van der Waals surface area (Å²) in [7, 11) is -1.46. The third-order valence-corrected chi connectivity index (χ3v) is 5.95. The lowest BCUT2D eigenvalue weighted by atomic mass is 9.99. The molecule has 1 aromatic rings. The Hall–Kier alpha value is -0.630. The Bertz CT molecular complexity index is 577. The van der Waals surface area contributed by atoms with Crippen molar-refractivity contribution in [3.8, 4) is 0 Å². The second-order valence-electron chi connectivity index (χ2n) is 5.31. The van der Waals surface area contributed by atoms with Crippen molar-refractivity contribution in [2.24, 2.45) is 5.92 Å². The maximum Gasteiger partial charge on any atom is 0.241 e. The van der Waals surface area contributed by atoms with Crippen LogP contribution in [0.1, 0.15) is 12.8 Å². The SMILES string of the molecule is CN1CCCC(CNS(=O)(=O)c2cc(N)ccc2Br)C1. The Morgan fingerprint density at radius 2 is 2.25 bits per heavy atom. The molecule has 1 aromatic carbocycles. The van der Waals surface area contributed by atoms with Crippen molar-refractivity contribution in [2.45, 2.75) is 17.7 Å². The summed E-state index contributed by atoms with van der Waals surface area (Å²) in [6.45, 7) is 2.48. The maximum atomic E-state index is 12.3. The molecule has 1 aliphatic heterocycles. The van der Waals surface area contributed by atoms with Crippen LogP contribution in [0.15, 0.2) is 27.6 Å². The van der Waals surface area contributed by atoms with Crippen LogP contribution in [0.3, 0.4) is 0 Å². The number of hydrogen-bond donors (Lipinski definition) is 2. The van der Waals surface area contributed by atoms with E-state index in [2.05, 4.69) is 32.6 Å². The molecule has 1 atom stereocenters. The fraction of sp³-hybridized carbons (Fsp3) is 0.538. The van der Waals surface area contributed by atoms with Crippen molar-refractivity contribution in [1.29, 1.82) is 0 Å². The molecule has 20 heavy (non-hydrogen) atoms. The number of nitrogens with one attached hydrogen (secondary N) is 1. The van der Waals surface area contributed by atoms with Crippen molar-refractivity contribution < 1.29 is 8.42 Å². The van der Waals surface area contributed by atoms with Gasteiger partial charge in [-0.1, -0.05) is 0 Å². The van der Waals surface area contributed by atoms with Crippen molar-refractivity contribution in [3.05, 3.63) is 22.7 Å². The molecule has 0 aromatic heterocycles. The third-order valence-electron chi connectivity index (χ3n) is 3.53. The largest absolute Gasteiger partial charge is 0.399 e. The molecular formula is C13H20BrN3O2S. The molecule has 1 fully saturated rings. The predicted molar refractivity (Wildman–Crippen MR) is 84.0 cm³/mol. The van der Waals surface area contributed by atoms with Gasteiger partial charge >= 0.3 is 0 Å². The van der Waals surface area contributed by atoms with Gasteiger partial charge in [-0.05, 0) is 66.5 Å². The molecular weight excluding hydrogens is 342 g/mol. The van der Waals surface area contributed by atoms with Crippen LogP contribution in [0, 0.1) is 5.92 Å². The molecule has 0 bridgehead atoms. The van der Waals surface area contributed by atoms with Gasteiger partial charge < -0.3 is 10.6 Å². The molecule has 2 rings (SSSR count). The number of nitrogens with zero attached hydrogens (tertiary/aromatic N) is 1. The Morgan fingerprint density at radius 1 is 1.50 bits per heavy atom. The highest BCUT2D eigenvalue weighted by atomic mass is 79.9. The number of halogens is 1. The van der Waals surface area contributed by atoms with Crippen LogP contribution in [0.2, 0.25) is 0 Å². The summed E-state index contributed by atoms with van der Waals surface area (Å²) in [6, 6.07) is 4.79. The predicted octanol–water partition coefficient (Wildman–Crippen LogP) is 1.65. The fourth-order valence-electron chi connectivity index (χ4n) is 2.47. The quantitative estimate of drug-likeness (QED) is 0.799. The van der Waals surface area contributed by atoms with Gasteiger partial charge in [0.05, 0.1) is 4.90 Å². The van der Waals surface area contributed by atoms with E-state index in [1.54, 1.807) is 12.1 Å². The van der Waals surface area contributed by atoms with Crippen molar-refractivity contribution in [1.82, 2.24) is 9.62 Å². The van der Waals surface area contributed by atoms with Gasteiger partial charge in [-0.2, -0.15) is 0 Å². The van der Waals surface area contributed by atoms with E-state index >= 15 is 0 Å². The number of hydrogen-bond acceptors (Lipinski definition) is 4. The number of anilines is 1. The number of sulfonamides is 1. The molecule has 112 valence electrons. The van der Waals surface area contributed by atoms with E-state index in [1.807, 2.05) is 0 Å². The maximum absolute atomic E-state index is 12.3. The minimum absolute atomic E-state index is 0.196. The molecule has 0 amide bonds. The van der Waals surface area contributed by atoms with Gasteiger partial charge in [0.2, 0.25) is 10.0 Å². The molecule has 1 unspecified atom stereocenters. The first-order chi connectivity index (χ1) is 9.38. The molecule has 0 spiro atoms. The number of nitrogens with two attached hydrogens (primary N) is 1. The summed E-state index contributed by atoms with van der Waals surface area (Å²) in [5, 5.41) is 0. The zero-order valence-corrected chi connectivity index (χ0v) is 13.9.